The molecule has 1 atom stereocenters. The minimum absolute atomic E-state index is 0.341. The normalized spacial score (nSPS) is 18.1. The zero-order valence-electron chi connectivity index (χ0n) is 10.7. The summed E-state index contributed by atoms with van der Waals surface area (Å²) in [6, 6.07) is 7.97. The van der Waals surface area contributed by atoms with Crippen LogP contribution in [0.15, 0.2) is 28.7 Å². The smallest absolute Gasteiger partial charge is 0.306 e. The first-order chi connectivity index (χ1) is 9.13. The molecule has 2 aromatic rings. The van der Waals surface area contributed by atoms with Crippen molar-refractivity contribution in [2.75, 3.05) is 0 Å². The number of hydrogen-bond acceptors (Lipinski definition) is 3. The van der Waals surface area contributed by atoms with Crippen LogP contribution in [0.2, 0.25) is 0 Å². The van der Waals surface area contributed by atoms with E-state index in [1.54, 1.807) is 0 Å². The third-order valence-electron chi connectivity index (χ3n) is 3.59. The van der Waals surface area contributed by atoms with Crippen molar-refractivity contribution < 1.29 is 14.3 Å². The van der Waals surface area contributed by atoms with Gasteiger partial charge in [0.15, 0.2) is 0 Å². The number of oxazole rings is 1. The predicted molar refractivity (Wildman–Crippen MR) is 69.8 cm³/mol. The standard InChI is InChI=1S/C15H15NO3/c1-9-2-4-10(5-3-9)14-16-12-7-6-11(15(17)18)8-13(12)19-14/h2-5,11H,6-8H2,1H3,(H,17,18). The lowest BCUT2D eigenvalue weighted by Crippen LogP contribution is -2.21. The number of nitrogens with zero attached hydrogens (tertiary/aromatic N) is 1. The number of aromatic nitrogens is 1. The molecular formula is C15H15NO3. The molecule has 3 rings (SSSR count). The Balaban J connectivity index is 1.91. The van der Waals surface area contributed by atoms with Gasteiger partial charge in [0.1, 0.15) is 5.76 Å². The summed E-state index contributed by atoms with van der Waals surface area (Å²) >= 11 is 0. The van der Waals surface area contributed by atoms with Crippen molar-refractivity contribution in [2.24, 2.45) is 5.92 Å². The number of hydrogen-bond donors (Lipinski definition) is 1. The number of rotatable bonds is 2. The van der Waals surface area contributed by atoms with Crippen LogP contribution in [0.5, 0.6) is 0 Å². The number of benzene rings is 1. The third-order valence-corrected chi connectivity index (χ3v) is 3.59. The molecule has 19 heavy (non-hydrogen) atoms. The van der Waals surface area contributed by atoms with E-state index < -0.39 is 5.97 Å². The van der Waals surface area contributed by atoms with Crippen molar-refractivity contribution in [1.82, 2.24) is 4.98 Å². The Morgan fingerprint density at radius 2 is 2.11 bits per heavy atom. The van der Waals surface area contributed by atoms with Gasteiger partial charge in [-0.05, 0) is 31.9 Å². The zero-order chi connectivity index (χ0) is 13.4. The van der Waals surface area contributed by atoms with Crippen molar-refractivity contribution in [3.63, 3.8) is 0 Å². The van der Waals surface area contributed by atoms with Crippen LogP contribution in [0.25, 0.3) is 11.5 Å². The highest BCUT2D eigenvalue weighted by atomic mass is 16.4. The first-order valence-electron chi connectivity index (χ1n) is 6.42. The maximum absolute atomic E-state index is 11.0. The van der Waals surface area contributed by atoms with Crippen molar-refractivity contribution in [2.45, 2.75) is 26.2 Å². The second-order valence-corrected chi connectivity index (χ2v) is 5.03. The van der Waals surface area contributed by atoms with E-state index in [-0.39, 0.29) is 5.92 Å². The summed E-state index contributed by atoms with van der Waals surface area (Å²) in [4.78, 5) is 15.5. The molecule has 0 saturated carbocycles. The number of aliphatic carboxylic acids is 1. The Morgan fingerprint density at radius 1 is 1.37 bits per heavy atom. The highest BCUT2D eigenvalue weighted by Crippen LogP contribution is 2.30. The van der Waals surface area contributed by atoms with E-state index in [1.165, 1.54) is 5.56 Å². The van der Waals surface area contributed by atoms with Gasteiger partial charge in [0.05, 0.1) is 11.6 Å². The molecule has 0 radical (unpaired) electrons. The minimum atomic E-state index is -0.751. The molecule has 1 heterocycles. The molecule has 1 aliphatic rings. The average Bonchev–Trinajstić information content (AvgIpc) is 2.82. The van der Waals surface area contributed by atoms with E-state index >= 15 is 0 Å². The summed E-state index contributed by atoms with van der Waals surface area (Å²) < 4.78 is 5.74. The highest BCUT2D eigenvalue weighted by Gasteiger charge is 2.28. The largest absolute Gasteiger partial charge is 0.481 e. The number of carbonyl (C=O) groups is 1. The molecule has 0 bridgehead atoms. The first-order valence-corrected chi connectivity index (χ1v) is 6.42. The van der Waals surface area contributed by atoms with Gasteiger partial charge < -0.3 is 9.52 Å². The van der Waals surface area contributed by atoms with Crippen LogP contribution < -0.4 is 0 Å². The SMILES string of the molecule is Cc1ccc(-c2nc3c(o2)CC(C(=O)O)CC3)cc1. The summed E-state index contributed by atoms with van der Waals surface area (Å²) in [5.74, 6) is 0.232. The number of carboxylic acids is 1. The average molecular weight is 257 g/mol. The van der Waals surface area contributed by atoms with Crippen LogP contribution >= 0.6 is 0 Å². The van der Waals surface area contributed by atoms with Crippen molar-refractivity contribution >= 4 is 5.97 Å². The molecular weight excluding hydrogens is 242 g/mol. The molecule has 1 unspecified atom stereocenters. The van der Waals surface area contributed by atoms with E-state index in [0.29, 0.717) is 25.2 Å². The molecule has 1 aromatic carbocycles. The van der Waals surface area contributed by atoms with Gasteiger partial charge in [-0.2, -0.15) is 0 Å². The van der Waals surface area contributed by atoms with Crippen molar-refractivity contribution in [3.8, 4) is 11.5 Å². The van der Waals surface area contributed by atoms with Gasteiger partial charge in [0, 0.05) is 12.0 Å². The fourth-order valence-corrected chi connectivity index (χ4v) is 2.41. The van der Waals surface area contributed by atoms with E-state index in [4.69, 9.17) is 9.52 Å². The number of fused-ring (bicyclic) bond motifs is 1. The lowest BCUT2D eigenvalue weighted by molar-refractivity contribution is -0.142. The molecule has 0 amide bonds. The third kappa shape index (κ3) is 2.26. The molecule has 1 N–H and O–H groups in total. The van der Waals surface area contributed by atoms with Crippen LogP contribution in [0, 0.1) is 12.8 Å². The summed E-state index contributed by atoms with van der Waals surface area (Å²) in [6.07, 6.45) is 1.77. The van der Waals surface area contributed by atoms with E-state index in [0.717, 1.165) is 17.0 Å². The maximum atomic E-state index is 11.0. The molecule has 4 heteroatoms. The first kappa shape index (κ1) is 12.0. The number of aryl methyl sites for hydroxylation is 2. The van der Waals surface area contributed by atoms with Gasteiger partial charge in [-0.25, -0.2) is 4.98 Å². The van der Waals surface area contributed by atoms with Gasteiger partial charge in [-0.15, -0.1) is 0 Å². The second kappa shape index (κ2) is 4.53. The van der Waals surface area contributed by atoms with E-state index in [1.807, 2.05) is 31.2 Å². The predicted octanol–water partition coefficient (Wildman–Crippen LogP) is 2.84. The molecule has 0 aliphatic heterocycles. The Hall–Kier alpha value is -2.10. The number of carboxylic acid groups (broad SMARTS) is 1. The topological polar surface area (TPSA) is 63.3 Å². The van der Waals surface area contributed by atoms with Crippen LogP contribution in [-0.4, -0.2) is 16.1 Å². The van der Waals surface area contributed by atoms with Gasteiger partial charge in [0.2, 0.25) is 5.89 Å². The zero-order valence-corrected chi connectivity index (χ0v) is 10.7. The van der Waals surface area contributed by atoms with Crippen molar-refractivity contribution in [1.29, 1.82) is 0 Å². The van der Waals surface area contributed by atoms with Gasteiger partial charge in [-0.3, -0.25) is 4.79 Å². The molecule has 1 aromatic heterocycles. The Morgan fingerprint density at radius 3 is 2.79 bits per heavy atom. The van der Waals surface area contributed by atoms with Gasteiger partial charge >= 0.3 is 5.97 Å². The highest BCUT2D eigenvalue weighted by molar-refractivity contribution is 5.70. The summed E-state index contributed by atoms with van der Waals surface area (Å²) in [6.45, 7) is 2.03. The van der Waals surface area contributed by atoms with Crippen LogP contribution in [0.1, 0.15) is 23.4 Å². The van der Waals surface area contributed by atoms with Gasteiger partial charge in [-0.1, -0.05) is 17.7 Å². The van der Waals surface area contributed by atoms with E-state index in [2.05, 4.69) is 4.98 Å². The van der Waals surface area contributed by atoms with E-state index in [9.17, 15) is 4.79 Å². The Kier molecular flexibility index (Phi) is 2.85. The molecule has 98 valence electrons. The minimum Gasteiger partial charge on any atom is -0.481 e. The molecule has 0 fully saturated rings. The van der Waals surface area contributed by atoms with Gasteiger partial charge in [0.25, 0.3) is 0 Å². The quantitative estimate of drug-likeness (QED) is 0.898. The van der Waals surface area contributed by atoms with Crippen molar-refractivity contribution in [3.05, 3.63) is 41.3 Å². The Labute approximate surface area is 111 Å². The van der Waals surface area contributed by atoms with Crippen LogP contribution in [0.4, 0.5) is 0 Å². The molecule has 1 aliphatic carbocycles. The molecule has 0 saturated heterocycles. The monoisotopic (exact) mass is 257 g/mol. The van der Waals surface area contributed by atoms with Crippen LogP contribution in [-0.2, 0) is 17.6 Å². The molecule has 0 spiro atoms. The fourth-order valence-electron chi connectivity index (χ4n) is 2.41. The summed E-state index contributed by atoms with van der Waals surface area (Å²) in [5, 5.41) is 9.06. The lowest BCUT2D eigenvalue weighted by atomic mass is 9.91. The summed E-state index contributed by atoms with van der Waals surface area (Å²) in [7, 11) is 0. The lowest BCUT2D eigenvalue weighted by Gasteiger charge is -2.15. The Bertz CT molecular complexity index is 613. The molecule has 4 nitrogen and oxygen atoms in total. The fraction of sp³-hybridized carbons (Fsp3) is 0.333. The van der Waals surface area contributed by atoms with Crippen LogP contribution in [0.3, 0.4) is 0 Å². The second-order valence-electron chi connectivity index (χ2n) is 5.03. The summed E-state index contributed by atoms with van der Waals surface area (Å²) in [5.41, 5.74) is 3.03. The maximum Gasteiger partial charge on any atom is 0.306 e.